The van der Waals surface area contributed by atoms with Gasteiger partial charge in [-0.2, -0.15) is 0 Å². The van der Waals surface area contributed by atoms with Crippen LogP contribution in [0.1, 0.15) is 58.3 Å². The third-order valence-corrected chi connectivity index (χ3v) is 6.57. The Kier molecular flexibility index (Phi) is 2.72. The van der Waals surface area contributed by atoms with Crippen molar-refractivity contribution >= 4 is 5.91 Å². The van der Waals surface area contributed by atoms with Gasteiger partial charge in [0, 0.05) is 12.5 Å². The summed E-state index contributed by atoms with van der Waals surface area (Å²) in [5, 5.41) is 3.21. The Morgan fingerprint density at radius 3 is 2.05 bits per heavy atom. The maximum atomic E-state index is 11.9. The van der Waals surface area contributed by atoms with Gasteiger partial charge in [-0.25, -0.2) is 0 Å². The van der Waals surface area contributed by atoms with Crippen LogP contribution >= 0.6 is 0 Å². The molecule has 19 heavy (non-hydrogen) atoms. The van der Waals surface area contributed by atoms with E-state index < -0.39 is 0 Å². The van der Waals surface area contributed by atoms with Crippen LogP contribution in [0.5, 0.6) is 0 Å². The van der Waals surface area contributed by atoms with E-state index in [9.17, 15) is 4.79 Å². The van der Waals surface area contributed by atoms with Gasteiger partial charge in [-0.15, -0.1) is 0 Å². The van der Waals surface area contributed by atoms with Gasteiger partial charge in [0.1, 0.15) is 0 Å². The quantitative estimate of drug-likeness (QED) is 0.826. The number of rotatable bonds is 4. The van der Waals surface area contributed by atoms with Crippen molar-refractivity contribution in [2.75, 3.05) is 6.54 Å². The molecule has 0 saturated heterocycles. The van der Waals surface area contributed by atoms with Crippen LogP contribution in [0, 0.1) is 35.0 Å². The van der Waals surface area contributed by atoms with Gasteiger partial charge in [-0.3, -0.25) is 4.79 Å². The Balaban J connectivity index is 1.31. The predicted octanol–water partition coefficient (Wildman–Crippen LogP) is 3.37. The van der Waals surface area contributed by atoms with Crippen molar-refractivity contribution in [2.24, 2.45) is 35.0 Å². The number of hydrogen-bond acceptors (Lipinski definition) is 1. The number of carbonyl (C=O) groups is 1. The van der Waals surface area contributed by atoms with Crippen molar-refractivity contribution < 1.29 is 4.79 Å². The van der Waals surface area contributed by atoms with Crippen LogP contribution in [-0.4, -0.2) is 12.5 Å². The fourth-order valence-electron chi connectivity index (χ4n) is 5.87. The fourth-order valence-corrected chi connectivity index (χ4v) is 5.87. The Bertz CT molecular complexity index is 353. The maximum Gasteiger partial charge on any atom is 0.223 e. The smallest absolute Gasteiger partial charge is 0.223 e. The molecule has 0 spiro atoms. The minimum absolute atomic E-state index is 0.331. The molecular formula is C17H27NO. The van der Waals surface area contributed by atoms with Gasteiger partial charge in [0.15, 0.2) is 0 Å². The van der Waals surface area contributed by atoms with Crippen molar-refractivity contribution in [3.8, 4) is 0 Å². The lowest BCUT2D eigenvalue weighted by Gasteiger charge is -2.57. The van der Waals surface area contributed by atoms with E-state index in [0.717, 1.165) is 30.7 Å². The monoisotopic (exact) mass is 261 g/mol. The number of carbonyl (C=O) groups excluding carboxylic acids is 1. The molecule has 4 bridgehead atoms. The summed E-state index contributed by atoms with van der Waals surface area (Å²) in [6.45, 7) is 3.12. The van der Waals surface area contributed by atoms with Crippen molar-refractivity contribution in [1.29, 1.82) is 0 Å². The molecule has 5 fully saturated rings. The number of hydrogen-bond donors (Lipinski definition) is 1. The zero-order valence-corrected chi connectivity index (χ0v) is 12.2. The van der Waals surface area contributed by atoms with Crippen LogP contribution in [0.3, 0.4) is 0 Å². The molecule has 1 amide bonds. The van der Waals surface area contributed by atoms with E-state index in [1.165, 1.54) is 44.9 Å². The van der Waals surface area contributed by atoms with E-state index in [0.29, 0.717) is 23.2 Å². The van der Waals surface area contributed by atoms with Crippen LogP contribution in [0.25, 0.3) is 0 Å². The molecule has 106 valence electrons. The highest BCUT2D eigenvalue weighted by molar-refractivity contribution is 5.81. The molecule has 0 unspecified atom stereocenters. The normalized spacial score (nSPS) is 50.3. The van der Waals surface area contributed by atoms with E-state index in [2.05, 4.69) is 12.2 Å². The second-order valence-electron chi connectivity index (χ2n) is 8.28. The molecule has 5 rings (SSSR count). The highest BCUT2D eigenvalue weighted by Gasteiger charge is 2.50. The predicted molar refractivity (Wildman–Crippen MR) is 75.5 cm³/mol. The molecule has 5 saturated carbocycles. The molecule has 5 aliphatic carbocycles. The van der Waals surface area contributed by atoms with E-state index in [1.807, 2.05) is 0 Å². The van der Waals surface area contributed by atoms with Crippen molar-refractivity contribution in [2.45, 2.75) is 58.3 Å². The summed E-state index contributed by atoms with van der Waals surface area (Å²) in [7, 11) is 0. The summed E-state index contributed by atoms with van der Waals surface area (Å²) in [5.41, 5.74) is 0.622. The zero-order chi connectivity index (χ0) is 13.0. The summed E-state index contributed by atoms with van der Waals surface area (Å²) >= 11 is 0. The van der Waals surface area contributed by atoms with Crippen LogP contribution in [0.15, 0.2) is 0 Å². The minimum Gasteiger partial charge on any atom is -0.356 e. The van der Waals surface area contributed by atoms with Gasteiger partial charge in [-0.1, -0.05) is 6.92 Å². The minimum atomic E-state index is 0.331. The van der Waals surface area contributed by atoms with Gasteiger partial charge in [-0.05, 0) is 80.5 Å². The van der Waals surface area contributed by atoms with Crippen molar-refractivity contribution in [3.05, 3.63) is 0 Å². The molecule has 0 heterocycles. The van der Waals surface area contributed by atoms with Crippen LogP contribution in [-0.2, 0) is 4.79 Å². The molecule has 0 aliphatic heterocycles. The fraction of sp³-hybridized carbons (Fsp3) is 0.941. The Morgan fingerprint density at radius 1 is 1.05 bits per heavy atom. The van der Waals surface area contributed by atoms with E-state index in [1.54, 1.807) is 0 Å². The molecule has 0 aromatic carbocycles. The van der Waals surface area contributed by atoms with Gasteiger partial charge >= 0.3 is 0 Å². The van der Waals surface area contributed by atoms with Crippen LogP contribution < -0.4 is 5.32 Å². The number of nitrogens with one attached hydrogen (secondary N) is 1. The van der Waals surface area contributed by atoms with E-state index in [4.69, 9.17) is 0 Å². The summed E-state index contributed by atoms with van der Waals surface area (Å²) in [6, 6.07) is 0. The average molecular weight is 261 g/mol. The molecule has 2 atom stereocenters. The summed E-state index contributed by atoms with van der Waals surface area (Å²) in [4.78, 5) is 11.9. The first-order chi connectivity index (χ1) is 9.13. The molecule has 2 heteroatoms. The largest absolute Gasteiger partial charge is 0.356 e. The molecule has 0 radical (unpaired) electrons. The Labute approximate surface area is 116 Å². The third-order valence-electron chi connectivity index (χ3n) is 6.57. The maximum absolute atomic E-state index is 11.9. The molecule has 0 aromatic heterocycles. The van der Waals surface area contributed by atoms with Gasteiger partial charge in [0.05, 0.1) is 0 Å². The lowest BCUT2D eigenvalue weighted by molar-refractivity contribution is -0.123. The van der Waals surface area contributed by atoms with Crippen molar-refractivity contribution in [1.82, 2.24) is 5.32 Å². The Hall–Kier alpha value is -0.530. The zero-order valence-electron chi connectivity index (χ0n) is 12.2. The second-order valence-corrected chi connectivity index (χ2v) is 8.28. The van der Waals surface area contributed by atoms with Gasteiger partial charge in [0.25, 0.3) is 0 Å². The summed E-state index contributed by atoms with van der Waals surface area (Å²) in [5.74, 6) is 4.41. The first kappa shape index (κ1) is 12.2. The highest BCUT2D eigenvalue weighted by Crippen LogP contribution is 2.61. The van der Waals surface area contributed by atoms with Crippen LogP contribution in [0.2, 0.25) is 0 Å². The van der Waals surface area contributed by atoms with Crippen LogP contribution in [0.4, 0.5) is 0 Å². The number of amides is 1. The van der Waals surface area contributed by atoms with Crippen molar-refractivity contribution in [3.63, 3.8) is 0 Å². The highest BCUT2D eigenvalue weighted by atomic mass is 16.2. The summed E-state index contributed by atoms with van der Waals surface area (Å²) < 4.78 is 0. The first-order valence-electron chi connectivity index (χ1n) is 8.41. The average Bonchev–Trinajstić information content (AvgIpc) is 3.04. The third kappa shape index (κ3) is 2.21. The molecule has 0 aromatic rings. The van der Waals surface area contributed by atoms with E-state index >= 15 is 0 Å². The summed E-state index contributed by atoms with van der Waals surface area (Å²) in [6.07, 6.45) is 11.3. The lowest BCUT2D eigenvalue weighted by Crippen LogP contribution is -2.47. The standard InChI is InChI=1S/C17H27NO/c1-11-4-15(11)16(19)18-3-2-17-8-12-5-13(9-17)7-14(6-12)10-17/h11-15H,2-10H2,1H3,(H,18,19)/t11-,12?,13?,14?,15+,17?/m0/s1. The van der Waals surface area contributed by atoms with E-state index in [-0.39, 0.29) is 0 Å². The molecule has 2 nitrogen and oxygen atoms in total. The first-order valence-corrected chi connectivity index (χ1v) is 8.41. The lowest BCUT2D eigenvalue weighted by atomic mass is 9.49. The Morgan fingerprint density at radius 2 is 1.58 bits per heavy atom. The SMILES string of the molecule is C[C@H]1C[C@H]1C(=O)NCCC12CC3CC(CC(C3)C1)C2. The molecular weight excluding hydrogens is 234 g/mol. The second kappa shape index (κ2) is 4.23. The van der Waals surface area contributed by atoms with Gasteiger partial charge in [0.2, 0.25) is 5.91 Å². The molecule has 5 aliphatic rings. The van der Waals surface area contributed by atoms with Gasteiger partial charge < -0.3 is 5.32 Å². The molecule has 1 N–H and O–H groups in total. The topological polar surface area (TPSA) is 29.1 Å².